The van der Waals surface area contributed by atoms with Crippen LogP contribution in [0.5, 0.6) is 5.75 Å². The lowest BCUT2D eigenvalue weighted by molar-refractivity contribution is -0.118. The van der Waals surface area contributed by atoms with E-state index in [1.807, 2.05) is 32.0 Å². The minimum absolute atomic E-state index is 0.0966. The van der Waals surface area contributed by atoms with Gasteiger partial charge in [-0.3, -0.25) is 9.59 Å². The standard InChI is InChI=1S/C23H29BrN2O3/c1-5-15(3)17-10-11-21(20(24)13-17)29-14-22(27)26-19-9-7-8-18(12-19)23(28)25-16(4)6-2/h7-13,15-16H,5-6,14H2,1-4H3,(H,25,28)(H,26,27). The number of carbonyl (C=O) groups is 2. The van der Waals surface area contributed by atoms with E-state index in [0.717, 1.165) is 17.3 Å². The lowest BCUT2D eigenvalue weighted by atomic mass is 9.99. The smallest absolute Gasteiger partial charge is 0.262 e. The maximum atomic E-state index is 12.3. The third kappa shape index (κ3) is 6.89. The first-order valence-corrected chi connectivity index (χ1v) is 10.8. The van der Waals surface area contributed by atoms with E-state index in [0.29, 0.717) is 22.9 Å². The quantitative estimate of drug-likeness (QED) is 0.518. The summed E-state index contributed by atoms with van der Waals surface area (Å²) in [5.41, 5.74) is 2.29. The van der Waals surface area contributed by atoms with Crippen molar-refractivity contribution < 1.29 is 14.3 Å². The summed E-state index contributed by atoms with van der Waals surface area (Å²) in [6.45, 7) is 8.17. The molecule has 0 heterocycles. The first kappa shape index (κ1) is 22.9. The van der Waals surface area contributed by atoms with Crippen molar-refractivity contribution in [1.82, 2.24) is 5.32 Å². The van der Waals surface area contributed by atoms with Gasteiger partial charge in [0.2, 0.25) is 0 Å². The molecular formula is C23H29BrN2O3. The molecule has 6 heteroatoms. The van der Waals surface area contributed by atoms with Crippen LogP contribution in [0.4, 0.5) is 5.69 Å². The Labute approximate surface area is 181 Å². The lowest BCUT2D eigenvalue weighted by Gasteiger charge is -2.14. The van der Waals surface area contributed by atoms with Gasteiger partial charge in [-0.2, -0.15) is 0 Å². The molecule has 29 heavy (non-hydrogen) atoms. The van der Waals surface area contributed by atoms with Crippen LogP contribution in [0.25, 0.3) is 0 Å². The Morgan fingerprint density at radius 3 is 2.48 bits per heavy atom. The molecule has 0 fully saturated rings. The fourth-order valence-corrected chi connectivity index (χ4v) is 3.18. The monoisotopic (exact) mass is 460 g/mol. The highest BCUT2D eigenvalue weighted by Gasteiger charge is 2.12. The number of carbonyl (C=O) groups excluding carboxylic acids is 2. The van der Waals surface area contributed by atoms with E-state index in [1.54, 1.807) is 24.3 Å². The van der Waals surface area contributed by atoms with Gasteiger partial charge in [-0.1, -0.05) is 32.9 Å². The van der Waals surface area contributed by atoms with Gasteiger partial charge in [0.15, 0.2) is 6.61 Å². The van der Waals surface area contributed by atoms with Gasteiger partial charge in [-0.25, -0.2) is 0 Å². The van der Waals surface area contributed by atoms with E-state index in [4.69, 9.17) is 4.74 Å². The fourth-order valence-electron chi connectivity index (χ4n) is 2.66. The van der Waals surface area contributed by atoms with Crippen molar-refractivity contribution in [3.63, 3.8) is 0 Å². The van der Waals surface area contributed by atoms with Crippen LogP contribution in [-0.2, 0) is 4.79 Å². The molecule has 2 rings (SSSR count). The van der Waals surface area contributed by atoms with Crippen LogP contribution in [0.2, 0.25) is 0 Å². The van der Waals surface area contributed by atoms with Crippen LogP contribution in [0.15, 0.2) is 46.9 Å². The Hall–Kier alpha value is -2.34. The molecule has 2 atom stereocenters. The number of anilines is 1. The van der Waals surface area contributed by atoms with Crippen molar-refractivity contribution in [2.45, 2.75) is 52.5 Å². The highest BCUT2D eigenvalue weighted by molar-refractivity contribution is 9.10. The number of benzene rings is 2. The van der Waals surface area contributed by atoms with Crippen molar-refractivity contribution in [3.05, 3.63) is 58.1 Å². The molecular weight excluding hydrogens is 432 g/mol. The third-order valence-corrected chi connectivity index (χ3v) is 5.51. The minimum atomic E-state index is -0.289. The van der Waals surface area contributed by atoms with E-state index in [2.05, 4.69) is 40.4 Å². The molecule has 0 aliphatic heterocycles. The second-order valence-electron chi connectivity index (χ2n) is 7.20. The number of hydrogen-bond donors (Lipinski definition) is 2. The molecule has 0 saturated heterocycles. The van der Waals surface area contributed by atoms with Crippen molar-refractivity contribution in [2.75, 3.05) is 11.9 Å². The van der Waals surface area contributed by atoms with Crippen molar-refractivity contribution in [2.24, 2.45) is 0 Å². The highest BCUT2D eigenvalue weighted by atomic mass is 79.9. The van der Waals surface area contributed by atoms with Crippen LogP contribution in [0, 0.1) is 0 Å². The van der Waals surface area contributed by atoms with E-state index < -0.39 is 0 Å². The van der Waals surface area contributed by atoms with Crippen molar-refractivity contribution in [3.8, 4) is 5.75 Å². The summed E-state index contributed by atoms with van der Waals surface area (Å²) in [6.07, 6.45) is 1.91. The number of nitrogens with one attached hydrogen (secondary N) is 2. The Balaban J connectivity index is 1.94. The average molecular weight is 461 g/mol. The fraction of sp³-hybridized carbons (Fsp3) is 0.391. The molecule has 0 aliphatic carbocycles. The lowest BCUT2D eigenvalue weighted by Crippen LogP contribution is -2.32. The second kappa shape index (κ2) is 11.0. The molecule has 0 saturated carbocycles. The molecule has 5 nitrogen and oxygen atoms in total. The molecule has 0 bridgehead atoms. The van der Waals surface area contributed by atoms with E-state index in [9.17, 15) is 9.59 Å². The molecule has 2 aromatic rings. The zero-order valence-corrected chi connectivity index (χ0v) is 19.0. The zero-order chi connectivity index (χ0) is 21.4. The Kier molecular flexibility index (Phi) is 8.70. The predicted octanol–water partition coefficient (Wildman–Crippen LogP) is 5.51. The van der Waals surface area contributed by atoms with E-state index in [-0.39, 0.29) is 24.5 Å². The van der Waals surface area contributed by atoms with Gasteiger partial charge in [0, 0.05) is 17.3 Å². The maximum absolute atomic E-state index is 12.3. The van der Waals surface area contributed by atoms with E-state index >= 15 is 0 Å². The van der Waals surface area contributed by atoms with Crippen LogP contribution in [0.1, 0.15) is 62.4 Å². The summed E-state index contributed by atoms with van der Waals surface area (Å²) in [6, 6.07) is 12.9. The first-order chi connectivity index (χ1) is 13.8. The van der Waals surface area contributed by atoms with Gasteiger partial charge in [0.1, 0.15) is 5.75 Å². The molecule has 2 amide bonds. The zero-order valence-electron chi connectivity index (χ0n) is 17.4. The van der Waals surface area contributed by atoms with Crippen LogP contribution >= 0.6 is 15.9 Å². The SMILES string of the molecule is CCC(C)NC(=O)c1cccc(NC(=O)COc2ccc(C(C)CC)cc2Br)c1. The number of ether oxygens (including phenoxy) is 1. The van der Waals surface area contributed by atoms with Gasteiger partial charge in [-0.05, 0) is 77.5 Å². The van der Waals surface area contributed by atoms with Gasteiger partial charge in [0.05, 0.1) is 4.47 Å². The number of amides is 2. The molecule has 0 aromatic heterocycles. The summed E-state index contributed by atoms with van der Waals surface area (Å²) < 4.78 is 6.47. The number of rotatable bonds is 9. The summed E-state index contributed by atoms with van der Waals surface area (Å²) in [4.78, 5) is 24.5. The summed E-state index contributed by atoms with van der Waals surface area (Å²) in [7, 11) is 0. The molecule has 2 unspecified atom stereocenters. The average Bonchev–Trinajstić information content (AvgIpc) is 2.72. The van der Waals surface area contributed by atoms with Crippen molar-refractivity contribution >= 4 is 33.4 Å². The third-order valence-electron chi connectivity index (χ3n) is 4.89. The molecule has 156 valence electrons. The van der Waals surface area contributed by atoms with Crippen LogP contribution in [0.3, 0.4) is 0 Å². The maximum Gasteiger partial charge on any atom is 0.262 e. The molecule has 0 radical (unpaired) electrons. The summed E-state index contributed by atoms with van der Waals surface area (Å²) in [5, 5.41) is 5.69. The van der Waals surface area contributed by atoms with Crippen LogP contribution < -0.4 is 15.4 Å². The Morgan fingerprint density at radius 2 is 1.83 bits per heavy atom. The normalized spacial score (nSPS) is 12.7. The first-order valence-electron chi connectivity index (χ1n) is 9.97. The van der Waals surface area contributed by atoms with E-state index in [1.165, 1.54) is 5.56 Å². The molecule has 0 spiro atoms. The Morgan fingerprint density at radius 1 is 1.07 bits per heavy atom. The largest absolute Gasteiger partial charge is 0.483 e. The topological polar surface area (TPSA) is 67.4 Å². The molecule has 0 aliphatic rings. The van der Waals surface area contributed by atoms with Crippen LogP contribution in [-0.4, -0.2) is 24.5 Å². The van der Waals surface area contributed by atoms with Crippen molar-refractivity contribution in [1.29, 1.82) is 0 Å². The highest BCUT2D eigenvalue weighted by Crippen LogP contribution is 2.30. The minimum Gasteiger partial charge on any atom is -0.483 e. The number of hydrogen-bond acceptors (Lipinski definition) is 3. The summed E-state index contributed by atoms with van der Waals surface area (Å²) in [5.74, 6) is 0.640. The predicted molar refractivity (Wildman–Crippen MR) is 121 cm³/mol. The van der Waals surface area contributed by atoms with Gasteiger partial charge in [-0.15, -0.1) is 0 Å². The van der Waals surface area contributed by atoms with Gasteiger partial charge in [0.25, 0.3) is 11.8 Å². The Bertz CT molecular complexity index is 854. The molecule has 2 N–H and O–H groups in total. The molecule has 2 aromatic carbocycles. The number of halogens is 1. The van der Waals surface area contributed by atoms with Gasteiger partial charge >= 0.3 is 0 Å². The second-order valence-corrected chi connectivity index (χ2v) is 8.05. The van der Waals surface area contributed by atoms with Gasteiger partial charge < -0.3 is 15.4 Å². The summed E-state index contributed by atoms with van der Waals surface area (Å²) >= 11 is 3.51.